The molecule has 1 rings (SSSR count). The summed E-state index contributed by atoms with van der Waals surface area (Å²) in [5.41, 5.74) is 2.36. The molecule has 1 atom stereocenters. The number of nitrogens with one attached hydrogen (secondary N) is 1. The molecule has 0 fully saturated rings. The van der Waals surface area contributed by atoms with Crippen LogP contribution in [-0.2, 0) is 0 Å². The number of likely N-dealkylation sites (N-methyl/N-ethyl adjacent to an activating group) is 2. The summed E-state index contributed by atoms with van der Waals surface area (Å²) < 4.78 is 0. The number of nitrogens with zero attached hydrogens (tertiary/aromatic N) is 1. The predicted octanol–water partition coefficient (Wildman–Crippen LogP) is 2.47. The van der Waals surface area contributed by atoms with E-state index in [9.17, 15) is 0 Å². The van der Waals surface area contributed by atoms with Crippen molar-refractivity contribution in [1.82, 2.24) is 10.2 Å². The Labute approximate surface area is 97.2 Å². The Morgan fingerprint density at radius 3 is 2.53 bits per heavy atom. The van der Waals surface area contributed by atoms with Crippen LogP contribution < -0.4 is 5.32 Å². The zero-order valence-corrected chi connectivity index (χ0v) is 10.6. The zero-order valence-electron chi connectivity index (χ0n) is 9.84. The molecule has 0 heterocycles. The van der Waals surface area contributed by atoms with E-state index in [0.29, 0.717) is 6.04 Å². The van der Waals surface area contributed by atoms with Gasteiger partial charge in [0, 0.05) is 17.6 Å². The van der Waals surface area contributed by atoms with Gasteiger partial charge < -0.3 is 10.2 Å². The van der Waals surface area contributed by atoms with E-state index in [1.807, 2.05) is 20.0 Å². The maximum Gasteiger partial charge on any atom is 0.0447 e. The lowest BCUT2D eigenvalue weighted by molar-refractivity contribution is 0.353. The average molecular weight is 227 g/mol. The third kappa shape index (κ3) is 3.49. The van der Waals surface area contributed by atoms with Gasteiger partial charge in [-0.05, 0) is 45.3 Å². The van der Waals surface area contributed by atoms with E-state index in [1.165, 1.54) is 5.56 Å². The van der Waals surface area contributed by atoms with E-state index < -0.39 is 0 Å². The molecule has 3 heteroatoms. The molecule has 0 spiro atoms. The van der Waals surface area contributed by atoms with Crippen LogP contribution in [0.2, 0.25) is 5.02 Å². The van der Waals surface area contributed by atoms with Crippen molar-refractivity contribution >= 4 is 11.6 Å². The summed E-state index contributed by atoms with van der Waals surface area (Å²) in [6, 6.07) is 6.57. The van der Waals surface area contributed by atoms with Crippen LogP contribution in [0.1, 0.15) is 17.2 Å². The molecule has 15 heavy (non-hydrogen) atoms. The number of rotatable bonds is 4. The minimum atomic E-state index is 0.332. The Morgan fingerprint density at radius 1 is 1.40 bits per heavy atom. The van der Waals surface area contributed by atoms with Crippen molar-refractivity contribution in [1.29, 1.82) is 0 Å². The molecule has 0 saturated heterocycles. The summed E-state index contributed by atoms with van der Waals surface area (Å²) in [6.45, 7) is 2.99. The van der Waals surface area contributed by atoms with E-state index in [-0.39, 0.29) is 0 Å². The van der Waals surface area contributed by atoms with Gasteiger partial charge in [0.2, 0.25) is 0 Å². The molecule has 0 amide bonds. The standard InChI is InChI=1S/C12H19ClN2/c1-9-5-6-10(7-11(9)13)12(14-2)8-15(3)4/h5-7,12,14H,8H2,1-4H3. The number of halogens is 1. The van der Waals surface area contributed by atoms with Crippen molar-refractivity contribution in [3.63, 3.8) is 0 Å². The van der Waals surface area contributed by atoms with Crippen molar-refractivity contribution in [3.05, 3.63) is 34.3 Å². The summed E-state index contributed by atoms with van der Waals surface area (Å²) in [4.78, 5) is 2.16. The van der Waals surface area contributed by atoms with Crippen LogP contribution in [-0.4, -0.2) is 32.6 Å². The largest absolute Gasteiger partial charge is 0.312 e. The highest BCUT2D eigenvalue weighted by Crippen LogP contribution is 2.21. The third-order valence-electron chi connectivity index (χ3n) is 2.49. The maximum atomic E-state index is 6.11. The SMILES string of the molecule is CNC(CN(C)C)c1ccc(C)c(Cl)c1. The first-order valence-corrected chi connectivity index (χ1v) is 5.50. The molecule has 1 aromatic carbocycles. The second kappa shape index (κ2) is 5.50. The van der Waals surface area contributed by atoms with Gasteiger partial charge in [-0.1, -0.05) is 23.7 Å². The first-order valence-electron chi connectivity index (χ1n) is 5.12. The fourth-order valence-corrected chi connectivity index (χ4v) is 1.74. The molecule has 0 saturated carbocycles. The second-order valence-corrected chi connectivity index (χ2v) is 4.52. The Hall–Kier alpha value is -0.570. The van der Waals surface area contributed by atoms with E-state index in [2.05, 4.69) is 36.4 Å². The highest BCUT2D eigenvalue weighted by Gasteiger charge is 2.10. The fourth-order valence-electron chi connectivity index (χ4n) is 1.55. The van der Waals surface area contributed by atoms with Crippen molar-refractivity contribution in [2.24, 2.45) is 0 Å². The lowest BCUT2D eigenvalue weighted by Crippen LogP contribution is -2.28. The molecular weight excluding hydrogens is 208 g/mol. The van der Waals surface area contributed by atoms with Gasteiger partial charge in [0.05, 0.1) is 0 Å². The molecule has 1 N–H and O–H groups in total. The van der Waals surface area contributed by atoms with E-state index in [4.69, 9.17) is 11.6 Å². The second-order valence-electron chi connectivity index (χ2n) is 4.11. The molecule has 1 unspecified atom stereocenters. The topological polar surface area (TPSA) is 15.3 Å². The molecule has 1 aromatic rings. The van der Waals surface area contributed by atoms with Crippen molar-refractivity contribution in [2.45, 2.75) is 13.0 Å². The van der Waals surface area contributed by atoms with Gasteiger partial charge in [-0.15, -0.1) is 0 Å². The molecule has 0 aliphatic heterocycles. The molecule has 0 aromatic heterocycles. The van der Waals surface area contributed by atoms with Crippen LogP contribution in [0.25, 0.3) is 0 Å². The molecule has 0 bridgehead atoms. The Bertz CT molecular complexity index is 323. The van der Waals surface area contributed by atoms with Gasteiger partial charge in [-0.2, -0.15) is 0 Å². The van der Waals surface area contributed by atoms with Crippen LogP contribution in [0, 0.1) is 6.92 Å². The fraction of sp³-hybridized carbons (Fsp3) is 0.500. The van der Waals surface area contributed by atoms with Gasteiger partial charge in [-0.25, -0.2) is 0 Å². The molecular formula is C12H19ClN2. The highest BCUT2D eigenvalue weighted by atomic mass is 35.5. The summed E-state index contributed by atoms with van der Waals surface area (Å²) in [6.07, 6.45) is 0. The van der Waals surface area contributed by atoms with Gasteiger partial charge >= 0.3 is 0 Å². The lowest BCUT2D eigenvalue weighted by atomic mass is 10.0. The summed E-state index contributed by atoms with van der Waals surface area (Å²) in [5, 5.41) is 4.14. The normalized spacial score (nSPS) is 13.2. The van der Waals surface area contributed by atoms with Gasteiger partial charge in [-0.3, -0.25) is 0 Å². The van der Waals surface area contributed by atoms with Gasteiger partial charge in [0.25, 0.3) is 0 Å². The molecule has 0 aliphatic carbocycles. The Morgan fingerprint density at radius 2 is 2.07 bits per heavy atom. The summed E-state index contributed by atoms with van der Waals surface area (Å²) in [7, 11) is 6.11. The minimum Gasteiger partial charge on any atom is -0.312 e. The maximum absolute atomic E-state index is 6.11. The van der Waals surface area contributed by atoms with Crippen molar-refractivity contribution in [3.8, 4) is 0 Å². The summed E-state index contributed by atoms with van der Waals surface area (Å²) in [5.74, 6) is 0. The average Bonchev–Trinajstić information content (AvgIpc) is 2.18. The van der Waals surface area contributed by atoms with Crippen molar-refractivity contribution < 1.29 is 0 Å². The van der Waals surface area contributed by atoms with Crippen molar-refractivity contribution in [2.75, 3.05) is 27.7 Å². The first-order chi connectivity index (χ1) is 7.04. The van der Waals surface area contributed by atoms with E-state index >= 15 is 0 Å². The van der Waals surface area contributed by atoms with Crippen LogP contribution in [0.4, 0.5) is 0 Å². The molecule has 2 nitrogen and oxygen atoms in total. The van der Waals surface area contributed by atoms with E-state index in [0.717, 1.165) is 17.1 Å². The Kier molecular flexibility index (Phi) is 4.58. The first kappa shape index (κ1) is 12.5. The van der Waals surface area contributed by atoms with Crippen LogP contribution in [0.3, 0.4) is 0 Å². The monoisotopic (exact) mass is 226 g/mol. The van der Waals surface area contributed by atoms with E-state index in [1.54, 1.807) is 0 Å². The number of benzene rings is 1. The van der Waals surface area contributed by atoms with Crippen LogP contribution in [0.15, 0.2) is 18.2 Å². The predicted molar refractivity (Wildman–Crippen MR) is 66.5 cm³/mol. The van der Waals surface area contributed by atoms with Gasteiger partial charge in [0.15, 0.2) is 0 Å². The molecule has 84 valence electrons. The van der Waals surface area contributed by atoms with Gasteiger partial charge in [0.1, 0.15) is 0 Å². The van der Waals surface area contributed by atoms with Crippen LogP contribution >= 0.6 is 11.6 Å². The zero-order chi connectivity index (χ0) is 11.4. The minimum absolute atomic E-state index is 0.332. The third-order valence-corrected chi connectivity index (χ3v) is 2.90. The Balaban J connectivity index is 2.87. The lowest BCUT2D eigenvalue weighted by Gasteiger charge is -2.21. The highest BCUT2D eigenvalue weighted by molar-refractivity contribution is 6.31. The number of hydrogen-bond acceptors (Lipinski definition) is 2. The number of aryl methyl sites for hydroxylation is 1. The summed E-state index contributed by atoms with van der Waals surface area (Å²) >= 11 is 6.11. The molecule has 0 aliphatic rings. The number of hydrogen-bond donors (Lipinski definition) is 1. The molecule has 0 radical (unpaired) electrons. The van der Waals surface area contributed by atoms with Crippen LogP contribution in [0.5, 0.6) is 0 Å². The quantitative estimate of drug-likeness (QED) is 0.849. The smallest absolute Gasteiger partial charge is 0.0447 e.